The maximum Gasteiger partial charge on any atom is 0.159 e. The Morgan fingerprint density at radius 2 is 1.83 bits per heavy atom. The van der Waals surface area contributed by atoms with Gasteiger partial charge in [-0.05, 0) is 49.4 Å². The van der Waals surface area contributed by atoms with Crippen LogP contribution in [0.2, 0.25) is 0 Å². The summed E-state index contributed by atoms with van der Waals surface area (Å²) in [6, 6.07) is 12.5. The fourth-order valence-corrected chi connectivity index (χ4v) is 1.75. The van der Waals surface area contributed by atoms with E-state index in [9.17, 15) is 4.79 Å². The lowest BCUT2D eigenvalue weighted by Gasteiger charge is -2.09. The highest BCUT2D eigenvalue weighted by molar-refractivity contribution is 9.10. The average molecular weight is 306 g/mol. The third kappa shape index (κ3) is 2.90. The van der Waals surface area contributed by atoms with Crippen LogP contribution in [0, 0.1) is 0 Å². The Balaban J connectivity index is 2.24. The molecule has 2 aromatic rings. The first kappa shape index (κ1) is 12.6. The number of nitrogen functional groups attached to an aromatic ring is 1. The maximum absolute atomic E-state index is 11.2. The van der Waals surface area contributed by atoms with Crippen LogP contribution in [0.25, 0.3) is 0 Å². The molecule has 0 aromatic heterocycles. The minimum Gasteiger partial charge on any atom is -0.455 e. The van der Waals surface area contributed by atoms with Gasteiger partial charge in [-0.25, -0.2) is 0 Å². The second-order valence-electron chi connectivity index (χ2n) is 3.86. The second-order valence-corrected chi connectivity index (χ2v) is 4.78. The summed E-state index contributed by atoms with van der Waals surface area (Å²) in [5, 5.41) is 0. The molecule has 0 aliphatic heterocycles. The zero-order chi connectivity index (χ0) is 13.1. The molecule has 0 spiro atoms. The van der Waals surface area contributed by atoms with E-state index in [1.165, 1.54) is 6.92 Å². The van der Waals surface area contributed by atoms with Crippen LogP contribution in [-0.4, -0.2) is 5.78 Å². The van der Waals surface area contributed by atoms with Gasteiger partial charge in [0.1, 0.15) is 11.5 Å². The summed E-state index contributed by atoms with van der Waals surface area (Å²) < 4.78 is 6.62. The Morgan fingerprint density at radius 3 is 2.39 bits per heavy atom. The SMILES string of the molecule is CC(=O)c1ccc(Oc2ccc(Br)cc2)c(N)c1. The molecule has 0 saturated heterocycles. The highest BCUT2D eigenvalue weighted by atomic mass is 79.9. The first-order valence-corrected chi connectivity index (χ1v) is 6.19. The summed E-state index contributed by atoms with van der Waals surface area (Å²) in [6.45, 7) is 1.50. The summed E-state index contributed by atoms with van der Waals surface area (Å²) in [4.78, 5) is 11.2. The fraction of sp³-hybridized carbons (Fsp3) is 0.0714. The van der Waals surface area contributed by atoms with Crippen LogP contribution in [0.1, 0.15) is 17.3 Å². The van der Waals surface area contributed by atoms with Crippen LogP contribution in [0.3, 0.4) is 0 Å². The molecule has 0 atom stereocenters. The molecule has 0 radical (unpaired) electrons. The number of Topliss-reactive ketones (excluding diaryl/α,β-unsaturated/α-hetero) is 1. The monoisotopic (exact) mass is 305 g/mol. The van der Waals surface area contributed by atoms with Crippen molar-refractivity contribution in [2.45, 2.75) is 6.92 Å². The van der Waals surface area contributed by atoms with Crippen LogP contribution in [0.15, 0.2) is 46.9 Å². The third-order valence-electron chi connectivity index (χ3n) is 2.46. The normalized spacial score (nSPS) is 10.1. The highest BCUT2D eigenvalue weighted by Crippen LogP contribution is 2.29. The van der Waals surface area contributed by atoms with Gasteiger partial charge >= 0.3 is 0 Å². The van der Waals surface area contributed by atoms with Crippen LogP contribution in [0.5, 0.6) is 11.5 Å². The molecular weight excluding hydrogens is 294 g/mol. The third-order valence-corrected chi connectivity index (χ3v) is 2.99. The molecule has 0 aliphatic carbocycles. The summed E-state index contributed by atoms with van der Waals surface area (Å²) in [5.41, 5.74) is 6.88. The van der Waals surface area contributed by atoms with Crippen molar-refractivity contribution in [3.05, 3.63) is 52.5 Å². The van der Waals surface area contributed by atoms with E-state index >= 15 is 0 Å². The van der Waals surface area contributed by atoms with Crippen molar-refractivity contribution in [2.75, 3.05) is 5.73 Å². The number of rotatable bonds is 3. The van der Waals surface area contributed by atoms with Gasteiger partial charge in [-0.1, -0.05) is 15.9 Å². The predicted octanol–water partition coefficient (Wildman–Crippen LogP) is 4.03. The van der Waals surface area contributed by atoms with Gasteiger partial charge < -0.3 is 10.5 Å². The molecule has 18 heavy (non-hydrogen) atoms. The first-order chi connectivity index (χ1) is 8.56. The quantitative estimate of drug-likeness (QED) is 0.688. The molecule has 2 rings (SSSR count). The predicted molar refractivity (Wildman–Crippen MR) is 75.1 cm³/mol. The molecule has 0 amide bonds. The van der Waals surface area contributed by atoms with Gasteiger partial charge in [-0.3, -0.25) is 4.79 Å². The molecule has 2 N–H and O–H groups in total. The van der Waals surface area contributed by atoms with Crippen LogP contribution in [0.4, 0.5) is 5.69 Å². The zero-order valence-corrected chi connectivity index (χ0v) is 11.4. The van der Waals surface area contributed by atoms with Gasteiger partial charge in [0.25, 0.3) is 0 Å². The van der Waals surface area contributed by atoms with E-state index in [0.717, 1.165) is 4.47 Å². The topological polar surface area (TPSA) is 52.3 Å². The summed E-state index contributed by atoms with van der Waals surface area (Å²) in [5.74, 6) is 1.22. The Morgan fingerprint density at radius 1 is 1.17 bits per heavy atom. The van der Waals surface area contributed by atoms with Crippen molar-refractivity contribution < 1.29 is 9.53 Å². The minimum absolute atomic E-state index is 0.0168. The number of benzene rings is 2. The Labute approximate surface area is 114 Å². The number of carbonyl (C=O) groups is 1. The number of nitrogens with two attached hydrogens (primary N) is 1. The molecule has 0 fully saturated rings. The second kappa shape index (κ2) is 5.23. The van der Waals surface area contributed by atoms with Gasteiger partial charge in [-0.2, -0.15) is 0 Å². The van der Waals surface area contributed by atoms with Gasteiger partial charge in [-0.15, -0.1) is 0 Å². The number of carbonyl (C=O) groups excluding carboxylic acids is 1. The van der Waals surface area contributed by atoms with E-state index in [2.05, 4.69) is 15.9 Å². The molecule has 0 bridgehead atoms. The molecule has 2 aromatic carbocycles. The van der Waals surface area contributed by atoms with E-state index in [1.807, 2.05) is 24.3 Å². The standard InChI is InChI=1S/C14H12BrNO2/c1-9(17)10-2-7-14(13(16)8-10)18-12-5-3-11(15)4-6-12/h2-8H,16H2,1H3. The minimum atomic E-state index is -0.0168. The van der Waals surface area contributed by atoms with Crippen molar-refractivity contribution in [2.24, 2.45) is 0 Å². The summed E-state index contributed by atoms with van der Waals surface area (Å²) in [7, 11) is 0. The Kier molecular flexibility index (Phi) is 3.67. The smallest absolute Gasteiger partial charge is 0.159 e. The summed E-state index contributed by atoms with van der Waals surface area (Å²) in [6.07, 6.45) is 0. The molecule has 0 saturated carbocycles. The highest BCUT2D eigenvalue weighted by Gasteiger charge is 2.06. The van der Waals surface area contributed by atoms with Gasteiger partial charge in [0.2, 0.25) is 0 Å². The van der Waals surface area contributed by atoms with E-state index in [0.29, 0.717) is 22.7 Å². The number of halogens is 1. The lowest BCUT2D eigenvalue weighted by atomic mass is 10.1. The fourth-order valence-electron chi connectivity index (χ4n) is 1.49. The van der Waals surface area contributed by atoms with Crippen LogP contribution >= 0.6 is 15.9 Å². The molecule has 3 nitrogen and oxygen atoms in total. The van der Waals surface area contributed by atoms with E-state index in [1.54, 1.807) is 18.2 Å². The first-order valence-electron chi connectivity index (χ1n) is 5.40. The number of hydrogen-bond acceptors (Lipinski definition) is 3. The van der Waals surface area contributed by atoms with E-state index in [4.69, 9.17) is 10.5 Å². The number of ketones is 1. The van der Waals surface area contributed by atoms with Gasteiger partial charge in [0, 0.05) is 10.0 Å². The maximum atomic E-state index is 11.2. The molecule has 92 valence electrons. The Hall–Kier alpha value is -1.81. The van der Waals surface area contributed by atoms with Crippen molar-refractivity contribution in [1.82, 2.24) is 0 Å². The number of anilines is 1. The molecule has 4 heteroatoms. The van der Waals surface area contributed by atoms with Crippen molar-refractivity contribution >= 4 is 27.4 Å². The average Bonchev–Trinajstić information content (AvgIpc) is 2.34. The molecule has 0 heterocycles. The molecule has 0 unspecified atom stereocenters. The Bertz CT molecular complexity index is 579. The number of hydrogen-bond donors (Lipinski definition) is 1. The summed E-state index contributed by atoms with van der Waals surface area (Å²) >= 11 is 3.35. The largest absolute Gasteiger partial charge is 0.455 e. The zero-order valence-electron chi connectivity index (χ0n) is 9.81. The van der Waals surface area contributed by atoms with Crippen molar-refractivity contribution in [3.63, 3.8) is 0 Å². The van der Waals surface area contributed by atoms with E-state index < -0.39 is 0 Å². The molecular formula is C14H12BrNO2. The number of ether oxygens (including phenoxy) is 1. The lowest BCUT2D eigenvalue weighted by molar-refractivity contribution is 0.101. The van der Waals surface area contributed by atoms with Gasteiger partial charge in [0.15, 0.2) is 5.78 Å². The van der Waals surface area contributed by atoms with Crippen LogP contribution < -0.4 is 10.5 Å². The lowest BCUT2D eigenvalue weighted by Crippen LogP contribution is -1.97. The van der Waals surface area contributed by atoms with Crippen molar-refractivity contribution in [3.8, 4) is 11.5 Å². The van der Waals surface area contributed by atoms with Crippen LogP contribution in [-0.2, 0) is 0 Å². The van der Waals surface area contributed by atoms with Crippen molar-refractivity contribution in [1.29, 1.82) is 0 Å². The van der Waals surface area contributed by atoms with Gasteiger partial charge in [0.05, 0.1) is 5.69 Å². The molecule has 0 aliphatic rings. The van der Waals surface area contributed by atoms with E-state index in [-0.39, 0.29) is 5.78 Å².